The standard InChI is InChI=1S/C39H70NO5/c1-6-8-9-10-11-12-13-14-15-16-17-18-19-20-21-25-28-42-30-38(7-2)31-43-39(44-32-38)29-33(3)40(35(5)34(39)4)45-37(41)36-26-23-22-24-27-36/h23,26-27,33-36H,6-22,24-25,28-32H2,1-5H3/q+1. The molecule has 45 heavy (non-hydrogen) atoms. The topological polar surface area (TPSA) is 57.2 Å². The number of rotatable bonds is 22. The summed E-state index contributed by atoms with van der Waals surface area (Å²) in [6.07, 6.45) is 31.8. The predicted molar refractivity (Wildman–Crippen MR) is 185 cm³/mol. The van der Waals surface area contributed by atoms with Gasteiger partial charge < -0.3 is 19.0 Å². The van der Waals surface area contributed by atoms with Crippen LogP contribution in [0.3, 0.4) is 0 Å². The maximum atomic E-state index is 12.8. The van der Waals surface area contributed by atoms with Crippen LogP contribution < -0.4 is 0 Å². The van der Waals surface area contributed by atoms with Gasteiger partial charge in [-0.25, -0.2) is 4.79 Å². The fraction of sp³-hybridized carbons (Fsp3) is 0.897. The van der Waals surface area contributed by atoms with Gasteiger partial charge in [-0.3, -0.25) is 0 Å². The Morgan fingerprint density at radius 2 is 1.40 bits per heavy atom. The number of allylic oxidation sites excluding steroid dienone is 1. The summed E-state index contributed by atoms with van der Waals surface area (Å²) in [7, 11) is 0. The van der Waals surface area contributed by atoms with Crippen molar-refractivity contribution in [3.63, 3.8) is 0 Å². The number of hydrogen-bond donors (Lipinski definition) is 0. The van der Waals surface area contributed by atoms with Gasteiger partial charge in [0.25, 0.3) is 0 Å². The molecule has 1 aliphatic carbocycles. The lowest BCUT2D eigenvalue weighted by molar-refractivity contribution is -0.371. The normalized spacial score (nSPS) is 30.4. The van der Waals surface area contributed by atoms with Gasteiger partial charge in [-0.15, -0.1) is 5.06 Å². The summed E-state index contributed by atoms with van der Waals surface area (Å²) in [4.78, 5) is 18.8. The summed E-state index contributed by atoms with van der Waals surface area (Å²) >= 11 is 0. The molecule has 0 aromatic carbocycles. The van der Waals surface area contributed by atoms with E-state index in [1.807, 2.05) is 17.6 Å². The van der Waals surface area contributed by atoms with Crippen molar-refractivity contribution in [2.75, 3.05) is 26.4 Å². The van der Waals surface area contributed by atoms with Crippen LogP contribution in [0.4, 0.5) is 0 Å². The van der Waals surface area contributed by atoms with E-state index in [1.165, 1.54) is 96.3 Å². The molecular formula is C39H70NO5+. The van der Waals surface area contributed by atoms with Gasteiger partial charge in [0.1, 0.15) is 0 Å². The number of carbonyl (C=O) groups excluding carboxylic acids is 1. The number of carbonyl (C=O) groups is 1. The lowest BCUT2D eigenvalue weighted by Crippen LogP contribution is -2.65. The monoisotopic (exact) mass is 633 g/mol. The Morgan fingerprint density at radius 3 is 1.91 bits per heavy atom. The number of ether oxygens (including phenoxy) is 3. The molecule has 2 aliphatic heterocycles. The van der Waals surface area contributed by atoms with E-state index in [9.17, 15) is 4.79 Å². The maximum Gasteiger partial charge on any atom is 0.377 e. The first-order valence-electron chi connectivity index (χ1n) is 19.2. The fourth-order valence-corrected chi connectivity index (χ4v) is 7.33. The summed E-state index contributed by atoms with van der Waals surface area (Å²) in [5.41, 5.74) is -0.0980. The minimum absolute atomic E-state index is 0.00741. The molecule has 4 atom stereocenters. The Labute approximate surface area is 277 Å². The maximum absolute atomic E-state index is 12.8. The van der Waals surface area contributed by atoms with E-state index < -0.39 is 5.79 Å². The Kier molecular flexibility index (Phi) is 17.9. The fourth-order valence-electron chi connectivity index (χ4n) is 7.33. The highest BCUT2D eigenvalue weighted by atomic mass is 16.7. The van der Waals surface area contributed by atoms with Gasteiger partial charge in [-0.2, -0.15) is 0 Å². The third kappa shape index (κ3) is 12.5. The number of nitrogens with zero attached hydrogens (tertiary/aromatic N) is 1. The average molecular weight is 633 g/mol. The zero-order valence-corrected chi connectivity index (χ0v) is 30.0. The second-order valence-electron chi connectivity index (χ2n) is 14.7. The van der Waals surface area contributed by atoms with E-state index in [-0.39, 0.29) is 35.3 Å². The van der Waals surface area contributed by atoms with Crippen molar-refractivity contribution in [3.8, 4) is 0 Å². The minimum Gasteiger partial charge on any atom is -0.381 e. The van der Waals surface area contributed by atoms with E-state index >= 15 is 0 Å². The highest BCUT2D eigenvalue weighted by Crippen LogP contribution is 2.45. The number of hydroxylamine groups is 2. The van der Waals surface area contributed by atoms with E-state index in [0.29, 0.717) is 26.2 Å². The molecule has 1 spiro atoms. The van der Waals surface area contributed by atoms with Crippen molar-refractivity contribution < 1.29 is 23.8 Å². The van der Waals surface area contributed by atoms with Crippen LogP contribution in [0.1, 0.15) is 163 Å². The SMILES string of the molecule is CCCCCCCCCCCCCCCCCCOCC1(CC)COC2(CC(C)N(OC(=O)C3C=CCC[CH+]3)C(C)C2C)OC1. The van der Waals surface area contributed by atoms with Gasteiger partial charge in [-0.1, -0.05) is 123 Å². The number of unbranched alkanes of at least 4 members (excludes halogenated alkanes) is 15. The van der Waals surface area contributed by atoms with Crippen molar-refractivity contribution >= 4 is 5.97 Å². The largest absolute Gasteiger partial charge is 0.381 e. The third-order valence-corrected chi connectivity index (χ3v) is 10.9. The Hall–Kier alpha value is -1.08. The Morgan fingerprint density at radius 1 is 0.844 bits per heavy atom. The molecule has 3 rings (SSSR count). The van der Waals surface area contributed by atoms with Gasteiger partial charge in [0.15, 0.2) is 5.79 Å². The molecule has 0 bridgehead atoms. The van der Waals surface area contributed by atoms with Crippen LogP contribution in [0.5, 0.6) is 0 Å². The molecule has 260 valence electrons. The molecule has 2 saturated heterocycles. The first kappa shape index (κ1) is 38.4. The average Bonchev–Trinajstić information content (AvgIpc) is 3.06. The van der Waals surface area contributed by atoms with E-state index in [4.69, 9.17) is 19.0 Å². The van der Waals surface area contributed by atoms with E-state index in [1.54, 1.807) is 0 Å². The van der Waals surface area contributed by atoms with Crippen molar-refractivity contribution in [1.82, 2.24) is 5.06 Å². The molecule has 6 nitrogen and oxygen atoms in total. The first-order chi connectivity index (χ1) is 21.9. The van der Waals surface area contributed by atoms with Crippen LogP contribution in [0.15, 0.2) is 12.2 Å². The lowest BCUT2D eigenvalue weighted by Gasteiger charge is -2.55. The molecule has 2 fully saturated rings. The third-order valence-electron chi connectivity index (χ3n) is 10.9. The van der Waals surface area contributed by atoms with Gasteiger partial charge >= 0.3 is 5.97 Å². The van der Waals surface area contributed by atoms with Gasteiger partial charge in [0.2, 0.25) is 5.92 Å². The minimum atomic E-state index is -0.648. The molecular weight excluding hydrogens is 562 g/mol. The molecule has 2 heterocycles. The van der Waals surface area contributed by atoms with Crippen LogP contribution in [0.2, 0.25) is 0 Å². The molecule has 0 saturated carbocycles. The summed E-state index contributed by atoms with van der Waals surface area (Å²) in [6.45, 7) is 13.7. The number of piperidine rings is 1. The molecule has 6 heteroatoms. The van der Waals surface area contributed by atoms with Crippen molar-refractivity contribution in [2.45, 2.75) is 181 Å². The molecule has 0 aromatic rings. The molecule has 4 unspecified atom stereocenters. The second kappa shape index (κ2) is 21.0. The molecule has 0 amide bonds. The van der Waals surface area contributed by atoms with Gasteiger partial charge in [-0.05, 0) is 32.8 Å². The smallest absolute Gasteiger partial charge is 0.377 e. The van der Waals surface area contributed by atoms with Crippen LogP contribution in [-0.2, 0) is 23.8 Å². The highest BCUT2D eigenvalue weighted by Gasteiger charge is 2.55. The number of hydrogen-bond acceptors (Lipinski definition) is 6. The van der Waals surface area contributed by atoms with Crippen LogP contribution in [0.25, 0.3) is 0 Å². The summed E-state index contributed by atoms with van der Waals surface area (Å²) < 4.78 is 19.5. The zero-order valence-electron chi connectivity index (χ0n) is 30.0. The Bertz CT molecular complexity index is 822. The second-order valence-corrected chi connectivity index (χ2v) is 14.7. The highest BCUT2D eigenvalue weighted by molar-refractivity contribution is 5.76. The summed E-state index contributed by atoms with van der Waals surface area (Å²) in [6, 6.07) is -0.00134. The predicted octanol–water partition coefficient (Wildman–Crippen LogP) is 10.2. The van der Waals surface area contributed by atoms with Crippen LogP contribution >= 0.6 is 0 Å². The Balaban J connectivity index is 1.24. The first-order valence-corrected chi connectivity index (χ1v) is 19.2. The van der Waals surface area contributed by atoms with Gasteiger partial charge in [0, 0.05) is 36.8 Å². The molecule has 0 N–H and O–H groups in total. The van der Waals surface area contributed by atoms with Crippen molar-refractivity contribution in [3.05, 3.63) is 18.6 Å². The quantitative estimate of drug-likeness (QED) is 0.0672. The van der Waals surface area contributed by atoms with Crippen LogP contribution in [-0.4, -0.2) is 55.3 Å². The lowest BCUT2D eigenvalue weighted by atomic mass is 9.80. The van der Waals surface area contributed by atoms with Crippen LogP contribution in [0, 0.1) is 23.7 Å². The zero-order chi connectivity index (χ0) is 32.4. The molecule has 0 radical (unpaired) electrons. The van der Waals surface area contributed by atoms with E-state index in [2.05, 4.69) is 40.7 Å². The van der Waals surface area contributed by atoms with Crippen molar-refractivity contribution in [2.24, 2.45) is 17.3 Å². The molecule has 0 aromatic heterocycles. The summed E-state index contributed by atoms with van der Waals surface area (Å²) in [5, 5.41) is 1.88. The van der Waals surface area contributed by atoms with E-state index in [0.717, 1.165) is 32.3 Å². The van der Waals surface area contributed by atoms with Gasteiger partial charge in [0.05, 0.1) is 38.7 Å². The summed E-state index contributed by atoms with van der Waals surface area (Å²) in [5.74, 6) is -1.03. The van der Waals surface area contributed by atoms with Crippen molar-refractivity contribution in [1.29, 1.82) is 0 Å². The molecule has 3 aliphatic rings.